The summed E-state index contributed by atoms with van der Waals surface area (Å²) in [6.07, 6.45) is 0. The molecule has 0 N–H and O–H groups in total. The number of hydrogen-bond donors (Lipinski definition) is 0. The second-order valence-electron chi connectivity index (χ2n) is 17.8. The molecule has 3 aromatic heterocycles. The lowest BCUT2D eigenvalue weighted by Crippen LogP contribution is -2.03. The van der Waals surface area contributed by atoms with E-state index in [1.165, 1.54) is 0 Å². The number of hydrogen-bond acceptors (Lipinski definition) is 3. The van der Waals surface area contributed by atoms with Gasteiger partial charge in [-0.1, -0.05) is 176 Å². The Labute approximate surface area is 415 Å². The molecule has 7 nitrogen and oxygen atoms in total. The maximum atomic E-state index is 7.72. The molecule has 13 aromatic rings. The summed E-state index contributed by atoms with van der Waals surface area (Å²) in [7, 11) is 0. The summed E-state index contributed by atoms with van der Waals surface area (Å²) in [4.78, 5) is 22.9. The number of benzene rings is 10. The lowest BCUT2D eigenvalue weighted by Gasteiger charge is -2.19. The molecule has 0 radical (unpaired) electrons. The van der Waals surface area contributed by atoms with Gasteiger partial charge in [-0.2, -0.15) is 0 Å². The molecule has 0 fully saturated rings. The highest BCUT2D eigenvalue weighted by molar-refractivity contribution is 6.13. The molecule has 0 saturated carbocycles. The average molecular weight is 918 g/mol. The third-order valence-electron chi connectivity index (χ3n) is 13.6. The van der Waals surface area contributed by atoms with E-state index in [0.717, 1.165) is 105 Å². The molecule has 7 heteroatoms. The summed E-state index contributed by atoms with van der Waals surface area (Å²) in [6, 6.07) is 81.5. The van der Waals surface area contributed by atoms with E-state index >= 15 is 0 Å². The van der Waals surface area contributed by atoms with Crippen molar-refractivity contribution in [2.45, 2.75) is 0 Å². The van der Waals surface area contributed by atoms with Crippen LogP contribution in [-0.4, -0.2) is 24.1 Å². The summed E-state index contributed by atoms with van der Waals surface area (Å²) >= 11 is 0. The first-order valence-corrected chi connectivity index (χ1v) is 23.7. The Morgan fingerprint density at radius 3 is 1.22 bits per heavy atom. The molecule has 334 valence electrons. The largest absolute Gasteiger partial charge is 0.309 e. The fraction of sp³-hybridized carbons (Fsp3) is 0. The highest BCUT2D eigenvalue weighted by atomic mass is 15.0. The van der Waals surface area contributed by atoms with E-state index in [4.69, 9.17) is 28.1 Å². The third kappa shape index (κ3) is 7.17. The van der Waals surface area contributed by atoms with E-state index in [-0.39, 0.29) is 0 Å². The molecule has 0 spiro atoms. The molecular formula is C65H39N7. The minimum absolute atomic E-state index is 0.562. The summed E-state index contributed by atoms with van der Waals surface area (Å²) in [6.45, 7) is 15.4. The van der Waals surface area contributed by atoms with Gasteiger partial charge >= 0.3 is 0 Å². The number of para-hydroxylation sites is 3. The highest BCUT2D eigenvalue weighted by Gasteiger charge is 2.23. The van der Waals surface area contributed by atoms with Crippen molar-refractivity contribution >= 4 is 55.0 Å². The van der Waals surface area contributed by atoms with E-state index in [9.17, 15) is 0 Å². The van der Waals surface area contributed by atoms with Crippen LogP contribution in [0.1, 0.15) is 0 Å². The SMILES string of the molecule is [C-]#[N+]c1cccc(-c2ccc3c(c2)c2ccccc2n3-c2ccccc2-c2ccc(-c3nc(-c4ccccc4)nc(-c4ccccc4)n3)cc2-n2c3ccccc3c3cc(-c4cccc([N+]#[C-])c4)ccc32)c1. The summed E-state index contributed by atoms with van der Waals surface area (Å²) < 4.78 is 4.77. The monoisotopic (exact) mass is 917 g/mol. The van der Waals surface area contributed by atoms with Gasteiger partial charge in [0, 0.05) is 49.4 Å². The van der Waals surface area contributed by atoms with Crippen LogP contribution >= 0.6 is 0 Å². The van der Waals surface area contributed by atoms with Gasteiger partial charge in [-0.25, -0.2) is 24.6 Å². The van der Waals surface area contributed by atoms with E-state index in [0.29, 0.717) is 28.8 Å². The number of fused-ring (bicyclic) bond motifs is 6. The maximum absolute atomic E-state index is 7.72. The predicted octanol–water partition coefficient (Wildman–Crippen LogP) is 17.2. The zero-order valence-electron chi connectivity index (χ0n) is 38.6. The van der Waals surface area contributed by atoms with Gasteiger partial charge < -0.3 is 9.13 Å². The van der Waals surface area contributed by atoms with Crippen LogP contribution in [0.4, 0.5) is 11.4 Å². The lowest BCUT2D eigenvalue weighted by atomic mass is 9.98. The van der Waals surface area contributed by atoms with Crippen molar-refractivity contribution in [3.05, 3.63) is 259 Å². The Morgan fingerprint density at radius 1 is 0.278 bits per heavy atom. The zero-order valence-corrected chi connectivity index (χ0v) is 38.6. The van der Waals surface area contributed by atoms with Crippen LogP contribution in [0, 0.1) is 13.1 Å². The highest BCUT2D eigenvalue weighted by Crippen LogP contribution is 2.44. The van der Waals surface area contributed by atoms with Gasteiger partial charge in [0.25, 0.3) is 0 Å². The molecule has 13 rings (SSSR count). The van der Waals surface area contributed by atoms with Crippen LogP contribution in [-0.2, 0) is 0 Å². The van der Waals surface area contributed by atoms with Crippen molar-refractivity contribution in [1.29, 1.82) is 0 Å². The molecule has 0 aliphatic rings. The molecule has 0 unspecified atom stereocenters. The van der Waals surface area contributed by atoms with Gasteiger partial charge in [-0.15, -0.1) is 0 Å². The maximum Gasteiger partial charge on any atom is 0.187 e. The van der Waals surface area contributed by atoms with Crippen molar-refractivity contribution < 1.29 is 0 Å². The Bertz CT molecular complexity index is 4300. The summed E-state index contributed by atoms with van der Waals surface area (Å²) in [5.74, 6) is 1.75. The second-order valence-corrected chi connectivity index (χ2v) is 17.8. The van der Waals surface area contributed by atoms with Crippen molar-refractivity contribution in [3.8, 4) is 78.9 Å². The fourth-order valence-corrected chi connectivity index (χ4v) is 10.3. The van der Waals surface area contributed by atoms with E-state index in [2.05, 4.69) is 158 Å². The van der Waals surface area contributed by atoms with Gasteiger partial charge in [0.15, 0.2) is 28.8 Å². The summed E-state index contributed by atoms with van der Waals surface area (Å²) in [5.41, 5.74) is 16.3. The molecular weight excluding hydrogens is 879 g/mol. The molecule has 3 heterocycles. The molecule has 10 aromatic carbocycles. The molecule has 0 saturated heterocycles. The van der Waals surface area contributed by atoms with Gasteiger partial charge in [0.05, 0.1) is 46.6 Å². The summed E-state index contributed by atoms with van der Waals surface area (Å²) in [5, 5.41) is 4.47. The van der Waals surface area contributed by atoms with Gasteiger partial charge in [-0.3, -0.25) is 0 Å². The van der Waals surface area contributed by atoms with Crippen molar-refractivity contribution in [1.82, 2.24) is 24.1 Å². The van der Waals surface area contributed by atoms with Crippen molar-refractivity contribution in [2.75, 3.05) is 0 Å². The Balaban J connectivity index is 1.08. The molecule has 72 heavy (non-hydrogen) atoms. The van der Waals surface area contributed by atoms with Crippen LogP contribution in [0.15, 0.2) is 237 Å². The molecule has 0 atom stereocenters. The first-order chi connectivity index (χ1) is 35.6. The fourth-order valence-electron chi connectivity index (χ4n) is 10.3. The Kier molecular flexibility index (Phi) is 10.1. The lowest BCUT2D eigenvalue weighted by molar-refractivity contribution is 1.07. The Morgan fingerprint density at radius 2 is 0.681 bits per heavy atom. The minimum Gasteiger partial charge on any atom is -0.309 e. The van der Waals surface area contributed by atoms with Gasteiger partial charge in [-0.05, 0) is 82.9 Å². The van der Waals surface area contributed by atoms with Gasteiger partial charge in [0.2, 0.25) is 0 Å². The first kappa shape index (κ1) is 41.9. The standard InChI is InChI=1S/C65H39N7/c1-66-49-23-15-21-44(37-49)46-32-35-60-55(39-46)52-26-10-13-29-58(52)71(60)57-28-12-9-25-51(57)54-34-31-48(65-69-63(42-17-5-3-6-18-42)68-64(70-65)43-19-7-4-8-20-43)41-62(54)72-59-30-14-11-27-53(59)56-40-47(33-36-61(56)72)45-22-16-24-50(38-45)67-2/h3-41H. The average Bonchev–Trinajstić information content (AvgIpc) is 3.97. The third-order valence-corrected chi connectivity index (χ3v) is 13.6. The Hall–Kier alpha value is -10.2. The minimum atomic E-state index is 0.562. The number of nitrogens with zero attached hydrogens (tertiary/aromatic N) is 7. The first-order valence-electron chi connectivity index (χ1n) is 23.7. The van der Waals surface area contributed by atoms with Crippen LogP contribution in [0.25, 0.3) is 132 Å². The topological polar surface area (TPSA) is 57.2 Å². The van der Waals surface area contributed by atoms with Crippen LogP contribution in [0.2, 0.25) is 0 Å². The van der Waals surface area contributed by atoms with Crippen molar-refractivity contribution in [3.63, 3.8) is 0 Å². The second kappa shape index (κ2) is 17.4. The smallest absolute Gasteiger partial charge is 0.187 e. The number of rotatable bonds is 8. The van der Waals surface area contributed by atoms with Crippen molar-refractivity contribution in [2.24, 2.45) is 0 Å². The van der Waals surface area contributed by atoms with E-state index in [1.807, 2.05) is 97.1 Å². The normalized spacial score (nSPS) is 11.3. The van der Waals surface area contributed by atoms with Crippen LogP contribution in [0.5, 0.6) is 0 Å². The van der Waals surface area contributed by atoms with Crippen LogP contribution < -0.4 is 0 Å². The van der Waals surface area contributed by atoms with Crippen LogP contribution in [0.3, 0.4) is 0 Å². The molecule has 0 bridgehead atoms. The van der Waals surface area contributed by atoms with E-state index < -0.39 is 0 Å². The van der Waals surface area contributed by atoms with E-state index in [1.54, 1.807) is 0 Å². The quantitative estimate of drug-likeness (QED) is 0.143. The zero-order chi connectivity index (χ0) is 48.1. The predicted molar refractivity (Wildman–Crippen MR) is 294 cm³/mol. The molecule has 0 aliphatic carbocycles. The molecule has 0 amide bonds. The van der Waals surface area contributed by atoms with Gasteiger partial charge in [0.1, 0.15) is 0 Å². The molecule has 0 aliphatic heterocycles. The number of aromatic nitrogens is 5.